The van der Waals surface area contributed by atoms with Gasteiger partial charge in [-0.05, 0) is 24.1 Å². The molecule has 0 saturated heterocycles. The van der Waals surface area contributed by atoms with Gasteiger partial charge in [-0.1, -0.05) is 13.3 Å². The first-order chi connectivity index (χ1) is 9.04. The van der Waals surface area contributed by atoms with Gasteiger partial charge >= 0.3 is 0 Å². The van der Waals surface area contributed by atoms with Crippen LogP contribution < -0.4 is 0 Å². The van der Waals surface area contributed by atoms with E-state index >= 15 is 0 Å². The standard InChI is InChI=1S/C13H12ClNO4/c1-2-3-4-11-12(13(14)16)9-7-8(15(17)18)5-6-10(9)19-11/h5-7H,2-4H2,1H3. The molecule has 0 saturated carbocycles. The van der Waals surface area contributed by atoms with E-state index in [0.717, 1.165) is 12.8 Å². The van der Waals surface area contributed by atoms with E-state index in [4.69, 9.17) is 16.0 Å². The lowest BCUT2D eigenvalue weighted by Gasteiger charge is -1.96. The van der Waals surface area contributed by atoms with Crippen LogP contribution in [0.4, 0.5) is 5.69 Å². The molecule has 0 N–H and O–H groups in total. The summed E-state index contributed by atoms with van der Waals surface area (Å²) in [5.74, 6) is 0.498. The predicted molar refractivity (Wildman–Crippen MR) is 71.7 cm³/mol. The van der Waals surface area contributed by atoms with Gasteiger partial charge in [0.2, 0.25) is 0 Å². The van der Waals surface area contributed by atoms with Gasteiger partial charge in [0.15, 0.2) is 0 Å². The van der Waals surface area contributed by atoms with Crippen LogP contribution >= 0.6 is 11.6 Å². The van der Waals surface area contributed by atoms with Gasteiger partial charge in [0.05, 0.1) is 10.5 Å². The number of benzene rings is 1. The number of nitro benzene ring substituents is 1. The number of aryl methyl sites for hydroxylation is 1. The Kier molecular flexibility index (Phi) is 3.85. The second kappa shape index (κ2) is 5.40. The van der Waals surface area contributed by atoms with Crippen LogP contribution in [-0.2, 0) is 6.42 Å². The van der Waals surface area contributed by atoms with Crippen LogP contribution in [0.3, 0.4) is 0 Å². The fourth-order valence-electron chi connectivity index (χ4n) is 1.98. The number of carbonyl (C=O) groups is 1. The molecule has 0 atom stereocenters. The average molecular weight is 282 g/mol. The van der Waals surface area contributed by atoms with Crippen molar-refractivity contribution >= 4 is 33.5 Å². The average Bonchev–Trinajstić information content (AvgIpc) is 2.73. The minimum Gasteiger partial charge on any atom is -0.460 e. The summed E-state index contributed by atoms with van der Waals surface area (Å²) in [5, 5.41) is 10.5. The molecule has 6 heteroatoms. The highest BCUT2D eigenvalue weighted by atomic mass is 35.5. The topological polar surface area (TPSA) is 73.3 Å². The third-order valence-electron chi connectivity index (χ3n) is 2.91. The molecule has 0 spiro atoms. The molecule has 0 aliphatic heterocycles. The van der Waals surface area contributed by atoms with Gasteiger partial charge < -0.3 is 4.42 Å². The molecule has 19 heavy (non-hydrogen) atoms. The molecule has 2 rings (SSSR count). The van der Waals surface area contributed by atoms with Crippen molar-refractivity contribution in [2.45, 2.75) is 26.2 Å². The van der Waals surface area contributed by atoms with E-state index in [0.29, 0.717) is 23.2 Å². The SMILES string of the molecule is CCCCc1oc2ccc([N+](=O)[O-])cc2c1C(=O)Cl. The Labute approximate surface area is 114 Å². The Balaban J connectivity index is 2.61. The van der Waals surface area contributed by atoms with Crippen LogP contribution in [-0.4, -0.2) is 10.2 Å². The second-order valence-electron chi connectivity index (χ2n) is 4.22. The summed E-state index contributed by atoms with van der Waals surface area (Å²) in [4.78, 5) is 21.8. The van der Waals surface area contributed by atoms with Gasteiger partial charge in [0, 0.05) is 23.9 Å². The van der Waals surface area contributed by atoms with Gasteiger partial charge in [-0.3, -0.25) is 14.9 Å². The zero-order chi connectivity index (χ0) is 14.0. The van der Waals surface area contributed by atoms with Gasteiger partial charge in [-0.25, -0.2) is 0 Å². The number of hydrogen-bond acceptors (Lipinski definition) is 4. The molecule has 0 amide bonds. The molecule has 0 unspecified atom stereocenters. The van der Waals surface area contributed by atoms with Crippen molar-refractivity contribution < 1.29 is 14.1 Å². The summed E-state index contributed by atoms with van der Waals surface area (Å²) in [6.07, 6.45) is 2.40. The normalized spacial score (nSPS) is 10.8. The molecule has 100 valence electrons. The first-order valence-electron chi connectivity index (χ1n) is 5.94. The van der Waals surface area contributed by atoms with Gasteiger partial charge in [-0.15, -0.1) is 0 Å². The summed E-state index contributed by atoms with van der Waals surface area (Å²) in [5.41, 5.74) is 0.601. The Morgan fingerprint density at radius 2 is 2.21 bits per heavy atom. The number of fused-ring (bicyclic) bond motifs is 1. The molecule has 0 aliphatic carbocycles. The number of carbonyl (C=O) groups excluding carboxylic acids is 1. The van der Waals surface area contributed by atoms with E-state index in [9.17, 15) is 14.9 Å². The predicted octanol–water partition coefficient (Wildman–Crippen LogP) is 4.06. The van der Waals surface area contributed by atoms with Crippen LogP contribution in [0.25, 0.3) is 11.0 Å². The summed E-state index contributed by atoms with van der Waals surface area (Å²) < 4.78 is 5.57. The summed E-state index contributed by atoms with van der Waals surface area (Å²) in [6, 6.07) is 4.16. The fourth-order valence-corrected chi connectivity index (χ4v) is 2.19. The van der Waals surface area contributed by atoms with Crippen molar-refractivity contribution in [3.8, 4) is 0 Å². The number of halogens is 1. The van der Waals surface area contributed by atoms with Crippen molar-refractivity contribution in [3.63, 3.8) is 0 Å². The van der Waals surface area contributed by atoms with Gasteiger partial charge in [-0.2, -0.15) is 0 Å². The van der Waals surface area contributed by atoms with Crippen molar-refractivity contribution in [1.82, 2.24) is 0 Å². The Bertz CT molecular complexity index is 647. The molecular weight excluding hydrogens is 270 g/mol. The van der Waals surface area contributed by atoms with Crippen LogP contribution in [0, 0.1) is 10.1 Å². The number of nitrogens with zero attached hydrogens (tertiary/aromatic N) is 1. The maximum atomic E-state index is 11.5. The Hall–Kier alpha value is -1.88. The molecule has 1 aromatic heterocycles. The van der Waals surface area contributed by atoms with Crippen molar-refractivity contribution in [2.75, 3.05) is 0 Å². The number of non-ortho nitro benzene ring substituents is 1. The van der Waals surface area contributed by atoms with Crippen LogP contribution in [0.5, 0.6) is 0 Å². The second-order valence-corrected chi connectivity index (χ2v) is 4.56. The van der Waals surface area contributed by atoms with Gasteiger partial charge in [0.25, 0.3) is 10.9 Å². The number of nitro groups is 1. The highest BCUT2D eigenvalue weighted by Crippen LogP contribution is 2.31. The smallest absolute Gasteiger partial charge is 0.270 e. The van der Waals surface area contributed by atoms with E-state index in [1.165, 1.54) is 18.2 Å². The molecule has 0 radical (unpaired) electrons. The highest BCUT2D eigenvalue weighted by molar-refractivity contribution is 6.68. The summed E-state index contributed by atoms with van der Waals surface area (Å²) in [7, 11) is 0. The monoisotopic (exact) mass is 281 g/mol. The van der Waals surface area contributed by atoms with E-state index in [1.807, 2.05) is 6.92 Å². The zero-order valence-electron chi connectivity index (χ0n) is 10.3. The van der Waals surface area contributed by atoms with E-state index < -0.39 is 10.2 Å². The van der Waals surface area contributed by atoms with Crippen molar-refractivity contribution in [2.24, 2.45) is 0 Å². The molecular formula is C13H12ClNO4. The highest BCUT2D eigenvalue weighted by Gasteiger charge is 2.21. The van der Waals surface area contributed by atoms with E-state index in [1.54, 1.807) is 0 Å². The minimum atomic E-state index is -0.648. The Morgan fingerprint density at radius 3 is 2.79 bits per heavy atom. The Morgan fingerprint density at radius 1 is 1.47 bits per heavy atom. The molecule has 0 fully saturated rings. The molecule has 2 aromatic rings. The fraction of sp³-hybridized carbons (Fsp3) is 0.308. The lowest BCUT2D eigenvalue weighted by Crippen LogP contribution is -1.94. The zero-order valence-corrected chi connectivity index (χ0v) is 11.1. The van der Waals surface area contributed by atoms with E-state index in [2.05, 4.69) is 0 Å². The lowest BCUT2D eigenvalue weighted by atomic mass is 10.1. The molecule has 5 nitrogen and oxygen atoms in total. The number of furan rings is 1. The van der Waals surface area contributed by atoms with Crippen molar-refractivity contribution in [3.05, 3.63) is 39.6 Å². The van der Waals surface area contributed by atoms with Gasteiger partial charge in [0.1, 0.15) is 11.3 Å². The minimum absolute atomic E-state index is 0.0884. The first kappa shape index (κ1) is 13.5. The largest absolute Gasteiger partial charge is 0.460 e. The number of unbranched alkanes of at least 4 members (excludes halogenated alkanes) is 1. The van der Waals surface area contributed by atoms with Crippen LogP contribution in [0.15, 0.2) is 22.6 Å². The third-order valence-corrected chi connectivity index (χ3v) is 3.10. The maximum absolute atomic E-state index is 11.5. The van der Waals surface area contributed by atoms with Crippen LogP contribution in [0.2, 0.25) is 0 Å². The molecule has 0 bridgehead atoms. The first-order valence-corrected chi connectivity index (χ1v) is 6.32. The van der Waals surface area contributed by atoms with Crippen LogP contribution in [0.1, 0.15) is 35.9 Å². The molecule has 0 aliphatic rings. The lowest BCUT2D eigenvalue weighted by molar-refractivity contribution is -0.384. The number of rotatable bonds is 5. The van der Waals surface area contributed by atoms with E-state index in [-0.39, 0.29) is 11.3 Å². The summed E-state index contributed by atoms with van der Waals surface area (Å²) >= 11 is 5.57. The molecule has 1 aromatic carbocycles. The quantitative estimate of drug-likeness (QED) is 0.470. The number of hydrogen-bond donors (Lipinski definition) is 0. The third kappa shape index (κ3) is 2.61. The molecule has 1 heterocycles. The van der Waals surface area contributed by atoms with Crippen molar-refractivity contribution in [1.29, 1.82) is 0 Å². The maximum Gasteiger partial charge on any atom is 0.270 e. The summed E-state index contributed by atoms with van der Waals surface area (Å²) in [6.45, 7) is 2.02.